The van der Waals surface area contributed by atoms with Gasteiger partial charge in [0.2, 0.25) is 0 Å². The number of halogens is 2. The molecule has 0 saturated heterocycles. The Bertz CT molecular complexity index is 1370. The first kappa shape index (κ1) is 20.0. The topological polar surface area (TPSA) is 85.1 Å². The lowest BCUT2D eigenvalue weighted by Crippen LogP contribution is -2.04. The number of nitrogens with one attached hydrogen (secondary N) is 1. The molecule has 0 aliphatic rings. The van der Waals surface area contributed by atoms with Gasteiger partial charge in [-0.25, -0.2) is 27.2 Å². The number of aryl methyl sites for hydroxylation is 1. The third-order valence-corrected chi connectivity index (χ3v) is 5.26. The van der Waals surface area contributed by atoms with Gasteiger partial charge in [-0.1, -0.05) is 0 Å². The molecule has 6 nitrogen and oxygen atoms in total. The third-order valence-electron chi connectivity index (χ3n) is 4.41. The van der Waals surface area contributed by atoms with Crippen LogP contribution in [0.1, 0.15) is 11.3 Å². The van der Waals surface area contributed by atoms with Crippen molar-refractivity contribution in [2.75, 3.05) is 11.6 Å². The quantitative estimate of drug-likeness (QED) is 0.492. The maximum Gasteiger partial charge on any atom is 0.151 e. The summed E-state index contributed by atoms with van der Waals surface area (Å²) in [7, 11) is -3.21. The van der Waals surface area contributed by atoms with E-state index in [4.69, 9.17) is 4.42 Å². The van der Waals surface area contributed by atoms with E-state index in [0.717, 1.165) is 12.5 Å². The van der Waals surface area contributed by atoms with Crippen molar-refractivity contribution in [3.05, 3.63) is 71.8 Å². The van der Waals surface area contributed by atoms with Crippen molar-refractivity contribution in [2.45, 2.75) is 12.7 Å². The van der Waals surface area contributed by atoms with Crippen LogP contribution >= 0.6 is 0 Å². The smallest absolute Gasteiger partial charge is 0.151 e. The summed E-state index contributed by atoms with van der Waals surface area (Å²) in [4.78, 5) is 8.36. The van der Waals surface area contributed by atoms with Crippen LogP contribution in [0.25, 0.3) is 22.1 Å². The van der Waals surface area contributed by atoms with E-state index < -0.39 is 21.5 Å². The van der Waals surface area contributed by atoms with Gasteiger partial charge in [-0.2, -0.15) is 0 Å². The van der Waals surface area contributed by atoms with E-state index in [1.54, 1.807) is 19.1 Å². The summed E-state index contributed by atoms with van der Waals surface area (Å²) in [5, 5.41) is 3.23. The fourth-order valence-corrected chi connectivity index (χ4v) is 4.05. The lowest BCUT2D eigenvalue weighted by molar-refractivity contribution is 0.601. The summed E-state index contributed by atoms with van der Waals surface area (Å²) < 4.78 is 57.0. The van der Waals surface area contributed by atoms with Gasteiger partial charge in [-0.05, 0) is 48.9 Å². The monoisotopic (exact) mass is 429 g/mol. The predicted molar refractivity (Wildman–Crippen MR) is 110 cm³/mol. The molecule has 4 aromatic rings. The maximum absolute atomic E-state index is 14.5. The number of benzene rings is 1. The SMILES string of the molecule is Cc1cc(CS(C)(=O)=O)cc(Nc2cc(-c3ccc(F)c4ccoc34)c(F)cn2)n1. The number of furan rings is 1. The molecule has 0 atom stereocenters. The summed E-state index contributed by atoms with van der Waals surface area (Å²) in [6.45, 7) is 1.74. The van der Waals surface area contributed by atoms with E-state index in [0.29, 0.717) is 28.5 Å². The van der Waals surface area contributed by atoms with Crippen LogP contribution in [-0.2, 0) is 15.6 Å². The summed E-state index contributed by atoms with van der Waals surface area (Å²) in [6, 6.07) is 8.92. The van der Waals surface area contributed by atoms with Crippen LogP contribution in [0.2, 0.25) is 0 Å². The van der Waals surface area contributed by atoms with E-state index in [9.17, 15) is 17.2 Å². The highest BCUT2D eigenvalue weighted by atomic mass is 32.2. The van der Waals surface area contributed by atoms with Gasteiger partial charge in [-0.3, -0.25) is 0 Å². The number of sulfone groups is 1. The van der Waals surface area contributed by atoms with Crippen LogP contribution in [-0.4, -0.2) is 24.6 Å². The highest BCUT2D eigenvalue weighted by Crippen LogP contribution is 2.33. The second kappa shape index (κ2) is 7.49. The summed E-state index contributed by atoms with van der Waals surface area (Å²) >= 11 is 0. The minimum Gasteiger partial charge on any atom is -0.464 e. The molecule has 0 unspecified atom stereocenters. The van der Waals surface area contributed by atoms with E-state index >= 15 is 0 Å². The molecule has 0 amide bonds. The zero-order chi connectivity index (χ0) is 21.5. The molecule has 0 aliphatic carbocycles. The second-order valence-electron chi connectivity index (χ2n) is 7.00. The first-order valence-electron chi connectivity index (χ1n) is 8.93. The van der Waals surface area contributed by atoms with E-state index in [-0.39, 0.29) is 22.3 Å². The first-order valence-corrected chi connectivity index (χ1v) is 11.0. The molecule has 0 radical (unpaired) electrons. The zero-order valence-corrected chi connectivity index (χ0v) is 16.9. The van der Waals surface area contributed by atoms with E-state index in [1.807, 2.05) is 0 Å². The Morgan fingerprint density at radius 3 is 2.60 bits per heavy atom. The molecule has 0 fully saturated rings. The van der Waals surface area contributed by atoms with Gasteiger partial charge < -0.3 is 9.73 Å². The molecule has 0 bridgehead atoms. The summed E-state index contributed by atoms with van der Waals surface area (Å²) in [5.41, 5.74) is 1.99. The molecule has 154 valence electrons. The Morgan fingerprint density at radius 2 is 1.83 bits per heavy atom. The number of rotatable bonds is 5. The average molecular weight is 429 g/mol. The molecule has 3 heterocycles. The first-order chi connectivity index (χ1) is 14.2. The van der Waals surface area contributed by atoms with Crippen molar-refractivity contribution in [2.24, 2.45) is 0 Å². The molecule has 1 aromatic carbocycles. The van der Waals surface area contributed by atoms with Gasteiger partial charge >= 0.3 is 0 Å². The number of hydrogen-bond acceptors (Lipinski definition) is 6. The molecule has 0 spiro atoms. The molecule has 0 saturated carbocycles. The van der Waals surface area contributed by atoms with Gasteiger partial charge in [0.25, 0.3) is 0 Å². The van der Waals surface area contributed by atoms with Gasteiger partial charge in [0.1, 0.15) is 28.9 Å². The van der Waals surface area contributed by atoms with E-state index in [1.165, 1.54) is 30.5 Å². The molecule has 30 heavy (non-hydrogen) atoms. The normalized spacial score (nSPS) is 11.7. The van der Waals surface area contributed by atoms with Gasteiger partial charge in [-0.15, -0.1) is 0 Å². The van der Waals surface area contributed by atoms with Crippen LogP contribution in [0.15, 0.2) is 53.3 Å². The fourth-order valence-electron chi connectivity index (χ4n) is 3.27. The Kier molecular flexibility index (Phi) is 4.98. The molecular weight excluding hydrogens is 412 g/mol. The number of pyridine rings is 2. The third kappa shape index (κ3) is 4.16. The van der Waals surface area contributed by atoms with E-state index in [2.05, 4.69) is 15.3 Å². The largest absolute Gasteiger partial charge is 0.464 e. The Morgan fingerprint density at radius 1 is 1.03 bits per heavy atom. The van der Waals surface area contributed by atoms with Crippen LogP contribution in [0.3, 0.4) is 0 Å². The van der Waals surface area contributed by atoms with Crippen molar-refractivity contribution in [3.63, 3.8) is 0 Å². The Balaban J connectivity index is 1.73. The van der Waals surface area contributed by atoms with Crippen molar-refractivity contribution < 1.29 is 21.6 Å². The average Bonchev–Trinajstić information content (AvgIpc) is 3.13. The van der Waals surface area contributed by atoms with Gasteiger partial charge in [0.15, 0.2) is 9.84 Å². The number of anilines is 2. The molecule has 9 heteroatoms. The summed E-state index contributed by atoms with van der Waals surface area (Å²) in [5.74, 6) is -0.517. The molecule has 0 aliphatic heterocycles. The van der Waals surface area contributed by atoms with Crippen LogP contribution in [0.5, 0.6) is 0 Å². The van der Waals surface area contributed by atoms with Crippen molar-refractivity contribution in [1.82, 2.24) is 9.97 Å². The zero-order valence-electron chi connectivity index (χ0n) is 16.1. The highest BCUT2D eigenvalue weighted by Gasteiger charge is 2.16. The number of nitrogens with zero attached hydrogens (tertiary/aromatic N) is 2. The molecule has 1 N–H and O–H groups in total. The maximum atomic E-state index is 14.5. The molecule has 4 rings (SSSR count). The van der Waals surface area contributed by atoms with Crippen molar-refractivity contribution in [1.29, 1.82) is 0 Å². The highest BCUT2D eigenvalue weighted by molar-refractivity contribution is 7.89. The van der Waals surface area contributed by atoms with Crippen LogP contribution in [0.4, 0.5) is 20.4 Å². The van der Waals surface area contributed by atoms with Crippen LogP contribution < -0.4 is 5.32 Å². The number of hydrogen-bond donors (Lipinski definition) is 1. The van der Waals surface area contributed by atoms with Crippen LogP contribution in [0, 0.1) is 18.6 Å². The molecular formula is C21H17F2N3O3S. The number of fused-ring (bicyclic) bond motifs is 1. The fraction of sp³-hybridized carbons (Fsp3) is 0.143. The Hall–Kier alpha value is -3.33. The lowest BCUT2D eigenvalue weighted by atomic mass is 10.0. The Labute approximate surface area is 171 Å². The minimum atomic E-state index is -3.21. The molecule has 3 aromatic heterocycles. The number of aromatic nitrogens is 2. The van der Waals surface area contributed by atoms with Gasteiger partial charge in [0.05, 0.1) is 23.6 Å². The summed E-state index contributed by atoms with van der Waals surface area (Å²) in [6.07, 6.45) is 3.54. The second-order valence-corrected chi connectivity index (χ2v) is 9.15. The van der Waals surface area contributed by atoms with Crippen molar-refractivity contribution >= 4 is 32.4 Å². The standard InChI is InChI=1S/C21H17F2N3O3S/c1-12-7-13(11-30(2,27)28)8-20(25-12)26-19-9-16(18(23)10-24-19)14-3-4-17(22)15-5-6-29-21(14)15/h3-10H,11H2,1-2H3,(H,24,25,26). The minimum absolute atomic E-state index is 0.126. The lowest BCUT2D eigenvalue weighted by Gasteiger charge is -2.11. The van der Waals surface area contributed by atoms with Crippen molar-refractivity contribution in [3.8, 4) is 11.1 Å². The van der Waals surface area contributed by atoms with Gasteiger partial charge in [0, 0.05) is 23.1 Å². The predicted octanol–water partition coefficient (Wildman–Crippen LogP) is 4.76.